The van der Waals surface area contributed by atoms with Gasteiger partial charge in [-0.2, -0.15) is 0 Å². The first kappa shape index (κ1) is 12.5. The Balaban J connectivity index is 2.18. The Bertz CT molecular complexity index is 440. The van der Waals surface area contributed by atoms with Crippen molar-refractivity contribution < 1.29 is 13.2 Å². The van der Waals surface area contributed by atoms with Crippen LogP contribution in [-0.4, -0.2) is 5.92 Å². The monoisotopic (exact) mass is 260 g/mol. The van der Waals surface area contributed by atoms with Crippen molar-refractivity contribution in [3.63, 3.8) is 0 Å². The van der Waals surface area contributed by atoms with Crippen molar-refractivity contribution in [2.45, 2.75) is 31.6 Å². The van der Waals surface area contributed by atoms with E-state index in [-0.39, 0.29) is 17.9 Å². The number of allylic oxidation sites excluding steroid dienone is 1. The van der Waals surface area contributed by atoms with Crippen LogP contribution in [-0.2, 0) is 0 Å². The van der Waals surface area contributed by atoms with Gasteiger partial charge in [-0.05, 0) is 18.9 Å². The van der Waals surface area contributed by atoms with E-state index in [1.807, 2.05) is 0 Å². The van der Waals surface area contributed by atoms with Gasteiger partial charge in [0.25, 0.3) is 0 Å². The van der Waals surface area contributed by atoms with Crippen molar-refractivity contribution in [3.8, 4) is 0 Å². The van der Waals surface area contributed by atoms with Crippen LogP contribution in [0.1, 0.15) is 31.2 Å². The Hall–Kier alpha value is -0.960. The van der Waals surface area contributed by atoms with Gasteiger partial charge in [0.15, 0.2) is 0 Å². The van der Waals surface area contributed by atoms with Crippen LogP contribution in [0.2, 0.25) is 5.02 Å². The van der Waals surface area contributed by atoms with Crippen molar-refractivity contribution in [1.82, 2.24) is 0 Å². The van der Waals surface area contributed by atoms with E-state index in [2.05, 4.69) is 0 Å². The number of alkyl halides is 2. The van der Waals surface area contributed by atoms with Gasteiger partial charge in [-0.1, -0.05) is 35.4 Å². The highest BCUT2D eigenvalue weighted by atomic mass is 35.5. The van der Waals surface area contributed by atoms with Crippen LogP contribution >= 0.6 is 11.6 Å². The summed E-state index contributed by atoms with van der Waals surface area (Å²) in [6, 6.07) is 4.71. The van der Waals surface area contributed by atoms with Crippen LogP contribution in [0.5, 0.6) is 0 Å². The van der Waals surface area contributed by atoms with Crippen LogP contribution in [0.25, 0.3) is 6.08 Å². The summed E-state index contributed by atoms with van der Waals surface area (Å²) in [6.45, 7) is 0. The minimum atomic E-state index is -2.57. The highest BCUT2D eigenvalue weighted by Gasteiger charge is 2.32. The first-order valence-electron chi connectivity index (χ1n) is 5.49. The topological polar surface area (TPSA) is 0 Å². The molecule has 2 rings (SSSR count). The van der Waals surface area contributed by atoms with Crippen molar-refractivity contribution in [2.75, 3.05) is 0 Å². The van der Waals surface area contributed by atoms with Gasteiger partial charge in [0, 0.05) is 18.4 Å². The van der Waals surface area contributed by atoms with Gasteiger partial charge < -0.3 is 0 Å². The molecular formula is C13H12ClF3. The molecule has 0 radical (unpaired) electrons. The zero-order chi connectivity index (χ0) is 12.5. The first-order valence-corrected chi connectivity index (χ1v) is 5.87. The lowest BCUT2D eigenvalue weighted by atomic mass is 9.90. The summed E-state index contributed by atoms with van der Waals surface area (Å²) in [5, 5.41) is 0.0560. The van der Waals surface area contributed by atoms with Gasteiger partial charge in [0.05, 0.1) is 5.02 Å². The quantitative estimate of drug-likeness (QED) is 0.661. The third-order valence-electron chi connectivity index (χ3n) is 2.96. The predicted octanol–water partition coefficient (Wildman–Crippen LogP) is 5.07. The average molecular weight is 261 g/mol. The Morgan fingerprint density at radius 2 is 1.82 bits per heavy atom. The van der Waals surface area contributed by atoms with E-state index in [9.17, 15) is 13.2 Å². The molecule has 1 aromatic rings. The highest BCUT2D eigenvalue weighted by Crippen LogP contribution is 2.36. The average Bonchev–Trinajstić information content (AvgIpc) is 2.27. The summed E-state index contributed by atoms with van der Waals surface area (Å²) >= 11 is 5.65. The molecule has 1 aliphatic rings. The second-order valence-electron chi connectivity index (χ2n) is 4.30. The van der Waals surface area contributed by atoms with Crippen molar-refractivity contribution in [3.05, 3.63) is 40.2 Å². The summed E-state index contributed by atoms with van der Waals surface area (Å²) in [5.74, 6) is -3.05. The molecule has 0 N–H and O–H groups in total. The Labute approximate surface area is 103 Å². The largest absolute Gasteiger partial charge is 0.248 e. The predicted molar refractivity (Wildman–Crippen MR) is 62.8 cm³/mol. The van der Waals surface area contributed by atoms with Crippen LogP contribution in [0.4, 0.5) is 13.2 Å². The maximum atomic E-state index is 13.6. The zero-order valence-corrected chi connectivity index (χ0v) is 9.91. The molecule has 1 aliphatic carbocycles. The minimum absolute atomic E-state index is 0.0560. The Morgan fingerprint density at radius 3 is 2.47 bits per heavy atom. The molecule has 0 nitrogen and oxygen atoms in total. The fourth-order valence-electron chi connectivity index (χ4n) is 1.93. The number of rotatable bonds is 1. The summed E-state index contributed by atoms with van der Waals surface area (Å²) in [6.07, 6.45) is 1.97. The lowest BCUT2D eigenvalue weighted by molar-refractivity contribution is -0.0243. The van der Waals surface area contributed by atoms with Gasteiger partial charge in [-0.15, -0.1) is 0 Å². The number of hydrogen-bond donors (Lipinski definition) is 0. The Kier molecular flexibility index (Phi) is 3.48. The van der Waals surface area contributed by atoms with Crippen LogP contribution in [0.15, 0.2) is 23.8 Å². The molecule has 17 heavy (non-hydrogen) atoms. The number of hydrogen-bond acceptors (Lipinski definition) is 0. The van der Waals surface area contributed by atoms with Crippen LogP contribution < -0.4 is 0 Å². The van der Waals surface area contributed by atoms with Gasteiger partial charge in [-0.3, -0.25) is 0 Å². The molecule has 0 spiro atoms. The van der Waals surface area contributed by atoms with Gasteiger partial charge in [0.1, 0.15) is 5.82 Å². The van der Waals surface area contributed by atoms with E-state index < -0.39 is 11.7 Å². The molecule has 1 aromatic carbocycles. The minimum Gasteiger partial charge on any atom is -0.207 e. The second kappa shape index (κ2) is 4.73. The Morgan fingerprint density at radius 1 is 1.18 bits per heavy atom. The summed E-state index contributed by atoms with van der Waals surface area (Å²) in [7, 11) is 0. The van der Waals surface area contributed by atoms with Crippen LogP contribution in [0, 0.1) is 5.82 Å². The SMILES string of the molecule is Fc1c(Cl)cccc1C=C1CCC(F)(F)CC1. The zero-order valence-electron chi connectivity index (χ0n) is 9.15. The summed E-state index contributed by atoms with van der Waals surface area (Å²) < 4.78 is 39.5. The van der Waals surface area contributed by atoms with Crippen molar-refractivity contribution in [1.29, 1.82) is 0 Å². The lowest BCUT2D eigenvalue weighted by Crippen LogP contribution is -2.20. The van der Waals surface area contributed by atoms with E-state index in [0.717, 1.165) is 5.57 Å². The first-order chi connectivity index (χ1) is 7.98. The molecule has 1 fully saturated rings. The van der Waals surface area contributed by atoms with Gasteiger partial charge >= 0.3 is 0 Å². The van der Waals surface area contributed by atoms with E-state index in [1.165, 1.54) is 6.07 Å². The highest BCUT2D eigenvalue weighted by molar-refractivity contribution is 6.30. The number of halogens is 4. The maximum Gasteiger partial charge on any atom is 0.248 e. The van der Waals surface area contributed by atoms with Crippen molar-refractivity contribution >= 4 is 17.7 Å². The lowest BCUT2D eigenvalue weighted by Gasteiger charge is -2.23. The molecule has 0 unspecified atom stereocenters. The molecule has 0 amide bonds. The fourth-order valence-corrected chi connectivity index (χ4v) is 2.11. The summed E-state index contributed by atoms with van der Waals surface area (Å²) in [4.78, 5) is 0. The molecule has 0 aliphatic heterocycles. The molecule has 0 aromatic heterocycles. The molecule has 1 saturated carbocycles. The van der Waals surface area contributed by atoms with E-state index in [0.29, 0.717) is 18.4 Å². The molecule has 92 valence electrons. The second-order valence-corrected chi connectivity index (χ2v) is 4.71. The standard InChI is InChI=1S/C13H12ClF3/c14-11-3-1-2-10(12(11)15)8-9-4-6-13(16,17)7-5-9/h1-3,8H,4-7H2. The van der Waals surface area contributed by atoms with Gasteiger partial charge in [0.2, 0.25) is 5.92 Å². The number of benzene rings is 1. The van der Waals surface area contributed by atoms with Crippen molar-refractivity contribution in [2.24, 2.45) is 0 Å². The third-order valence-corrected chi connectivity index (χ3v) is 3.26. The molecule has 4 heteroatoms. The molecule has 0 atom stereocenters. The maximum absolute atomic E-state index is 13.6. The van der Waals surface area contributed by atoms with Gasteiger partial charge in [-0.25, -0.2) is 13.2 Å². The molecule has 0 bridgehead atoms. The molecular weight excluding hydrogens is 249 g/mol. The summed E-state index contributed by atoms with van der Waals surface area (Å²) in [5.41, 5.74) is 1.23. The fraction of sp³-hybridized carbons (Fsp3) is 0.385. The molecule has 0 heterocycles. The normalized spacial score (nSPS) is 19.2. The van der Waals surface area contributed by atoms with E-state index in [1.54, 1.807) is 18.2 Å². The third kappa shape index (κ3) is 3.03. The van der Waals surface area contributed by atoms with Crippen LogP contribution in [0.3, 0.4) is 0 Å². The molecule has 0 saturated heterocycles. The van der Waals surface area contributed by atoms with E-state index in [4.69, 9.17) is 11.6 Å². The van der Waals surface area contributed by atoms with E-state index >= 15 is 0 Å². The smallest absolute Gasteiger partial charge is 0.207 e.